The third-order valence-electron chi connectivity index (χ3n) is 4.09. The smallest absolute Gasteiger partial charge is 0.211 e. The summed E-state index contributed by atoms with van der Waals surface area (Å²) >= 11 is 12.8. The molecule has 1 fully saturated rings. The molecule has 1 N–H and O–H groups in total. The Morgan fingerprint density at radius 1 is 1.24 bits per heavy atom. The first kappa shape index (κ1) is 17.7. The molecular formula is C14H18Br2ClNO2S. The second-order valence-corrected chi connectivity index (χ2v) is 9.41. The number of sulfonamides is 1. The number of alkyl halides is 1. The summed E-state index contributed by atoms with van der Waals surface area (Å²) in [7, 11) is -3.55. The summed E-state index contributed by atoms with van der Waals surface area (Å²) in [6.45, 7) is 2.32. The number of hydrogen-bond donors (Lipinski definition) is 1. The van der Waals surface area contributed by atoms with E-state index < -0.39 is 10.0 Å². The summed E-state index contributed by atoms with van der Waals surface area (Å²) < 4.78 is 29.1. The van der Waals surface area contributed by atoms with Gasteiger partial charge in [0.2, 0.25) is 10.0 Å². The monoisotopic (exact) mass is 457 g/mol. The Morgan fingerprint density at radius 3 is 2.43 bits per heavy atom. The van der Waals surface area contributed by atoms with Crippen molar-refractivity contribution in [3.05, 3.63) is 26.6 Å². The van der Waals surface area contributed by atoms with Gasteiger partial charge in [0, 0.05) is 21.4 Å². The van der Waals surface area contributed by atoms with Gasteiger partial charge in [0.25, 0.3) is 0 Å². The molecule has 21 heavy (non-hydrogen) atoms. The van der Waals surface area contributed by atoms with E-state index in [-0.39, 0.29) is 10.3 Å². The number of halogens is 3. The molecule has 0 unspecified atom stereocenters. The summed E-state index contributed by atoms with van der Waals surface area (Å²) in [4.78, 5) is 0.252. The summed E-state index contributed by atoms with van der Waals surface area (Å²) in [5.74, 6) is 0.494. The molecule has 1 aromatic carbocycles. The molecule has 1 aromatic rings. The molecule has 1 aliphatic carbocycles. The van der Waals surface area contributed by atoms with Gasteiger partial charge in [-0.15, -0.1) is 11.6 Å². The van der Waals surface area contributed by atoms with E-state index in [1.807, 2.05) is 6.92 Å². The minimum atomic E-state index is -3.55. The molecule has 0 aromatic heterocycles. The van der Waals surface area contributed by atoms with Crippen LogP contribution in [0.4, 0.5) is 0 Å². The van der Waals surface area contributed by atoms with Crippen molar-refractivity contribution in [1.82, 2.24) is 4.72 Å². The first-order valence-electron chi connectivity index (χ1n) is 6.81. The number of benzene rings is 1. The van der Waals surface area contributed by atoms with Gasteiger partial charge in [0.15, 0.2) is 0 Å². The lowest BCUT2D eigenvalue weighted by molar-refractivity contribution is 0.342. The third-order valence-corrected chi connectivity index (χ3v) is 7.87. The van der Waals surface area contributed by atoms with Crippen LogP contribution >= 0.6 is 43.5 Å². The van der Waals surface area contributed by atoms with Gasteiger partial charge in [-0.05, 0) is 58.8 Å². The van der Waals surface area contributed by atoms with Crippen molar-refractivity contribution >= 4 is 53.5 Å². The average Bonchev–Trinajstić information content (AvgIpc) is 2.90. The van der Waals surface area contributed by atoms with E-state index in [0.29, 0.717) is 16.9 Å². The van der Waals surface area contributed by atoms with Crippen molar-refractivity contribution in [3.8, 4) is 0 Å². The molecule has 3 nitrogen and oxygen atoms in total. The molecular weight excluding hydrogens is 441 g/mol. The fourth-order valence-electron chi connectivity index (χ4n) is 2.64. The summed E-state index contributed by atoms with van der Waals surface area (Å²) in [5, 5.41) is 0. The highest BCUT2D eigenvalue weighted by Gasteiger charge is 2.34. The Kier molecular flexibility index (Phi) is 5.80. The molecule has 1 saturated carbocycles. The standard InChI is InChI=1S/C14H18Br2ClNO2S/c1-10-6-12(16)13(7-11(10)15)21(19,20)18-9-14(8-17)4-2-3-5-14/h6-7,18H,2-5,8-9H2,1H3. The fourth-order valence-corrected chi connectivity index (χ4v) is 5.84. The van der Waals surface area contributed by atoms with Gasteiger partial charge in [-0.2, -0.15) is 0 Å². The van der Waals surface area contributed by atoms with Gasteiger partial charge < -0.3 is 0 Å². The quantitative estimate of drug-likeness (QED) is 0.655. The Morgan fingerprint density at radius 2 is 1.86 bits per heavy atom. The van der Waals surface area contributed by atoms with Crippen LogP contribution in [0.15, 0.2) is 26.0 Å². The van der Waals surface area contributed by atoms with E-state index in [1.54, 1.807) is 12.1 Å². The molecule has 0 aliphatic heterocycles. The Labute approximate surface area is 148 Å². The van der Waals surface area contributed by atoms with Gasteiger partial charge in [0.05, 0.1) is 4.90 Å². The van der Waals surface area contributed by atoms with Gasteiger partial charge in [0.1, 0.15) is 0 Å². The Bertz CT molecular complexity index is 628. The molecule has 0 saturated heterocycles. The zero-order chi connectivity index (χ0) is 15.7. The first-order valence-corrected chi connectivity index (χ1v) is 10.4. The van der Waals surface area contributed by atoms with Gasteiger partial charge in [-0.3, -0.25) is 0 Å². The van der Waals surface area contributed by atoms with E-state index in [0.717, 1.165) is 35.7 Å². The van der Waals surface area contributed by atoms with Crippen molar-refractivity contribution in [1.29, 1.82) is 0 Å². The largest absolute Gasteiger partial charge is 0.241 e. The summed E-state index contributed by atoms with van der Waals surface area (Å²) in [6, 6.07) is 3.43. The molecule has 7 heteroatoms. The molecule has 0 amide bonds. The van der Waals surface area contributed by atoms with Crippen LogP contribution in [0.2, 0.25) is 0 Å². The van der Waals surface area contributed by atoms with Gasteiger partial charge in [-0.1, -0.05) is 28.8 Å². The SMILES string of the molecule is Cc1cc(Br)c(S(=O)(=O)NCC2(CCl)CCCC2)cc1Br. The fraction of sp³-hybridized carbons (Fsp3) is 0.571. The lowest BCUT2D eigenvalue weighted by atomic mass is 9.89. The van der Waals surface area contributed by atoms with Crippen molar-refractivity contribution < 1.29 is 8.42 Å². The van der Waals surface area contributed by atoms with Crippen molar-refractivity contribution in [3.63, 3.8) is 0 Å². The maximum atomic E-state index is 12.5. The molecule has 0 atom stereocenters. The molecule has 0 heterocycles. The highest BCUT2D eigenvalue weighted by Crippen LogP contribution is 2.39. The molecule has 0 spiro atoms. The normalized spacial score (nSPS) is 18.1. The second kappa shape index (κ2) is 6.87. The third kappa shape index (κ3) is 4.02. The molecule has 1 aliphatic rings. The highest BCUT2D eigenvalue weighted by molar-refractivity contribution is 9.11. The average molecular weight is 460 g/mol. The van der Waals surface area contributed by atoms with Crippen molar-refractivity contribution in [2.45, 2.75) is 37.5 Å². The molecule has 0 radical (unpaired) electrons. The zero-order valence-corrected chi connectivity index (χ0v) is 16.5. The van der Waals surface area contributed by atoms with E-state index in [9.17, 15) is 8.42 Å². The lowest BCUT2D eigenvalue weighted by Crippen LogP contribution is -2.37. The minimum absolute atomic E-state index is 0.0942. The van der Waals surface area contributed by atoms with Crippen LogP contribution in [0.3, 0.4) is 0 Å². The Hall–Kier alpha value is 0.380. The highest BCUT2D eigenvalue weighted by atomic mass is 79.9. The Balaban J connectivity index is 2.21. The summed E-state index contributed by atoms with van der Waals surface area (Å²) in [5.41, 5.74) is 0.886. The predicted molar refractivity (Wildman–Crippen MR) is 93.4 cm³/mol. The minimum Gasteiger partial charge on any atom is -0.211 e. The summed E-state index contributed by atoms with van der Waals surface area (Å²) in [6.07, 6.45) is 4.21. The topological polar surface area (TPSA) is 46.2 Å². The molecule has 2 rings (SSSR count). The van der Waals surface area contributed by atoms with Crippen LogP contribution in [0, 0.1) is 12.3 Å². The van der Waals surface area contributed by atoms with Crippen LogP contribution in [0.25, 0.3) is 0 Å². The van der Waals surface area contributed by atoms with E-state index >= 15 is 0 Å². The first-order chi connectivity index (χ1) is 9.80. The van der Waals surface area contributed by atoms with Gasteiger partial charge >= 0.3 is 0 Å². The number of nitrogens with one attached hydrogen (secondary N) is 1. The van der Waals surface area contributed by atoms with E-state index in [2.05, 4.69) is 36.6 Å². The molecule has 118 valence electrons. The number of aryl methyl sites for hydroxylation is 1. The zero-order valence-electron chi connectivity index (χ0n) is 11.8. The lowest BCUT2D eigenvalue weighted by Gasteiger charge is -2.26. The van der Waals surface area contributed by atoms with E-state index in [1.165, 1.54) is 0 Å². The van der Waals surface area contributed by atoms with Gasteiger partial charge in [-0.25, -0.2) is 13.1 Å². The van der Waals surface area contributed by atoms with Crippen LogP contribution in [-0.2, 0) is 10.0 Å². The van der Waals surface area contributed by atoms with Crippen LogP contribution in [-0.4, -0.2) is 20.8 Å². The maximum Gasteiger partial charge on any atom is 0.241 e. The maximum absolute atomic E-state index is 12.5. The number of rotatable bonds is 5. The van der Waals surface area contributed by atoms with Crippen molar-refractivity contribution in [2.75, 3.05) is 12.4 Å². The number of hydrogen-bond acceptors (Lipinski definition) is 2. The van der Waals surface area contributed by atoms with Crippen molar-refractivity contribution in [2.24, 2.45) is 5.41 Å². The van der Waals surface area contributed by atoms with Crippen LogP contribution in [0.5, 0.6) is 0 Å². The van der Waals surface area contributed by atoms with Crippen LogP contribution in [0.1, 0.15) is 31.2 Å². The molecule has 0 bridgehead atoms. The van der Waals surface area contributed by atoms with E-state index in [4.69, 9.17) is 11.6 Å². The van der Waals surface area contributed by atoms with Crippen LogP contribution < -0.4 is 4.72 Å². The predicted octanol–water partition coefficient (Wildman–Crippen LogP) is 4.60. The second-order valence-electron chi connectivity index (χ2n) is 5.70.